The normalized spacial score (nSPS) is 29.9. The zero-order valence-corrected chi connectivity index (χ0v) is 11.5. The van der Waals surface area contributed by atoms with Crippen LogP contribution in [0, 0.1) is 0 Å². The van der Waals surface area contributed by atoms with Crippen LogP contribution >= 0.6 is 0 Å². The van der Waals surface area contributed by atoms with Crippen molar-refractivity contribution < 1.29 is 9.47 Å². The number of nitrogens with zero attached hydrogens (tertiary/aromatic N) is 2. The van der Waals surface area contributed by atoms with E-state index in [1.165, 1.54) is 0 Å². The maximum absolute atomic E-state index is 5.87. The lowest BCUT2D eigenvalue weighted by atomic mass is 9.85. The van der Waals surface area contributed by atoms with Gasteiger partial charge in [0.25, 0.3) is 0 Å². The van der Waals surface area contributed by atoms with Crippen LogP contribution in [0.4, 0.5) is 0 Å². The van der Waals surface area contributed by atoms with Gasteiger partial charge in [-0.2, -0.15) is 5.10 Å². The zero-order chi connectivity index (χ0) is 13.1. The van der Waals surface area contributed by atoms with Crippen molar-refractivity contribution in [3.8, 4) is 0 Å². The minimum absolute atomic E-state index is 0.313. The van der Waals surface area contributed by atoms with Crippen LogP contribution in [-0.4, -0.2) is 41.4 Å². The second-order valence-electron chi connectivity index (χ2n) is 5.46. The van der Waals surface area contributed by atoms with Crippen LogP contribution in [0.15, 0.2) is 18.5 Å². The van der Waals surface area contributed by atoms with Crippen LogP contribution in [0.25, 0.3) is 0 Å². The van der Waals surface area contributed by atoms with Crippen LogP contribution in [0.2, 0.25) is 0 Å². The Balaban J connectivity index is 1.75. The maximum atomic E-state index is 5.87. The lowest BCUT2D eigenvalue weighted by molar-refractivity contribution is -0.189. The third kappa shape index (κ3) is 2.68. The van der Waals surface area contributed by atoms with E-state index in [1.807, 2.05) is 18.5 Å². The summed E-state index contributed by atoms with van der Waals surface area (Å²) in [5.74, 6) is -0.360. The molecular weight excluding hydrogens is 242 g/mol. The van der Waals surface area contributed by atoms with Crippen molar-refractivity contribution in [2.45, 2.75) is 50.5 Å². The second kappa shape index (κ2) is 5.61. The third-order valence-corrected chi connectivity index (χ3v) is 4.16. The van der Waals surface area contributed by atoms with E-state index in [2.05, 4.69) is 22.0 Å². The van der Waals surface area contributed by atoms with Crippen LogP contribution in [0.5, 0.6) is 0 Å². The summed E-state index contributed by atoms with van der Waals surface area (Å²) in [4.78, 5) is 0. The molecule has 0 amide bonds. The zero-order valence-electron chi connectivity index (χ0n) is 11.5. The van der Waals surface area contributed by atoms with E-state index < -0.39 is 0 Å². The summed E-state index contributed by atoms with van der Waals surface area (Å²) in [5.41, 5.74) is 0. The number of hydrogen-bond acceptors (Lipinski definition) is 4. The molecule has 0 aromatic carbocycles. The lowest BCUT2D eigenvalue weighted by Gasteiger charge is -2.41. The van der Waals surface area contributed by atoms with Gasteiger partial charge in [-0.25, -0.2) is 0 Å². The van der Waals surface area contributed by atoms with Crippen molar-refractivity contribution in [2.24, 2.45) is 0 Å². The Labute approximate surface area is 114 Å². The highest BCUT2D eigenvalue weighted by Crippen LogP contribution is 2.40. The fraction of sp³-hybridized carbons (Fsp3) is 0.786. The molecule has 106 valence electrons. The summed E-state index contributed by atoms with van der Waals surface area (Å²) >= 11 is 0. The predicted octanol–water partition coefficient (Wildman–Crippen LogP) is 1.72. The van der Waals surface area contributed by atoms with Crippen LogP contribution < -0.4 is 5.32 Å². The first-order valence-corrected chi connectivity index (χ1v) is 7.33. The molecule has 2 fully saturated rings. The minimum atomic E-state index is -0.360. The molecule has 1 N–H and O–H groups in total. The molecule has 0 radical (unpaired) electrons. The highest BCUT2D eigenvalue weighted by Gasteiger charge is 2.45. The van der Waals surface area contributed by atoms with E-state index >= 15 is 0 Å². The number of aromatic nitrogens is 2. The molecule has 3 rings (SSSR count). The summed E-state index contributed by atoms with van der Waals surface area (Å²) < 4.78 is 13.8. The van der Waals surface area contributed by atoms with Gasteiger partial charge in [-0.05, 0) is 25.5 Å². The van der Waals surface area contributed by atoms with Gasteiger partial charge in [-0.1, -0.05) is 6.92 Å². The molecule has 1 aromatic heterocycles. The topological polar surface area (TPSA) is 48.3 Å². The molecule has 2 heterocycles. The Kier molecular flexibility index (Phi) is 3.86. The first-order valence-electron chi connectivity index (χ1n) is 7.33. The Morgan fingerprint density at radius 1 is 1.42 bits per heavy atom. The number of ether oxygens (including phenoxy) is 2. The van der Waals surface area contributed by atoms with Gasteiger partial charge in [-0.15, -0.1) is 0 Å². The smallest absolute Gasteiger partial charge is 0.170 e. The van der Waals surface area contributed by atoms with Gasteiger partial charge < -0.3 is 14.8 Å². The Bertz CT molecular complexity index is 387. The predicted molar refractivity (Wildman–Crippen MR) is 71.8 cm³/mol. The van der Waals surface area contributed by atoms with Crippen molar-refractivity contribution in [2.75, 3.05) is 19.8 Å². The first kappa shape index (κ1) is 13.1. The monoisotopic (exact) mass is 265 g/mol. The van der Waals surface area contributed by atoms with E-state index in [0.29, 0.717) is 12.1 Å². The molecule has 5 nitrogen and oxygen atoms in total. The molecule has 1 saturated heterocycles. The average Bonchev–Trinajstić information content (AvgIpc) is 3.09. The highest BCUT2D eigenvalue weighted by molar-refractivity contribution is 4.96. The van der Waals surface area contributed by atoms with Crippen LogP contribution in [0.1, 0.15) is 38.6 Å². The van der Waals surface area contributed by atoms with Crippen LogP contribution in [0.3, 0.4) is 0 Å². The van der Waals surface area contributed by atoms with Gasteiger partial charge in [-0.3, -0.25) is 4.68 Å². The average molecular weight is 265 g/mol. The molecule has 1 saturated carbocycles. The van der Waals surface area contributed by atoms with E-state index in [0.717, 1.165) is 45.4 Å². The largest absolute Gasteiger partial charge is 0.347 e. The van der Waals surface area contributed by atoms with Crippen LogP contribution in [-0.2, 0) is 9.47 Å². The Hall–Kier alpha value is -0.910. The standard InChI is InChI=1S/C14H23N3O2/c1-2-6-15-12-4-5-14(18-9-10-19-14)11-13(12)17-8-3-7-16-17/h3,7-8,12-13,15H,2,4-6,9-11H2,1H3. The Morgan fingerprint density at radius 3 is 2.95 bits per heavy atom. The lowest BCUT2D eigenvalue weighted by Crippen LogP contribution is -2.49. The molecule has 0 bridgehead atoms. The third-order valence-electron chi connectivity index (χ3n) is 4.16. The summed E-state index contributed by atoms with van der Waals surface area (Å²) in [6.45, 7) is 4.69. The van der Waals surface area contributed by atoms with Crippen molar-refractivity contribution in [1.29, 1.82) is 0 Å². The van der Waals surface area contributed by atoms with E-state index in [4.69, 9.17) is 9.47 Å². The summed E-state index contributed by atoms with van der Waals surface area (Å²) in [5, 5.41) is 8.06. The van der Waals surface area contributed by atoms with Crippen molar-refractivity contribution in [3.05, 3.63) is 18.5 Å². The maximum Gasteiger partial charge on any atom is 0.170 e. The molecule has 2 atom stereocenters. The fourth-order valence-corrected chi connectivity index (χ4v) is 3.21. The SMILES string of the molecule is CCCNC1CCC2(CC1n1cccn1)OCCO2. The van der Waals surface area contributed by atoms with Gasteiger partial charge >= 0.3 is 0 Å². The minimum Gasteiger partial charge on any atom is -0.347 e. The number of rotatable bonds is 4. The molecule has 2 aliphatic rings. The second-order valence-corrected chi connectivity index (χ2v) is 5.46. The van der Waals surface area contributed by atoms with E-state index in [1.54, 1.807) is 0 Å². The molecule has 19 heavy (non-hydrogen) atoms. The fourth-order valence-electron chi connectivity index (χ4n) is 3.21. The van der Waals surface area contributed by atoms with Crippen molar-refractivity contribution >= 4 is 0 Å². The number of hydrogen-bond donors (Lipinski definition) is 1. The molecule has 1 aliphatic heterocycles. The van der Waals surface area contributed by atoms with Crippen molar-refractivity contribution in [1.82, 2.24) is 15.1 Å². The van der Waals surface area contributed by atoms with Crippen molar-refractivity contribution in [3.63, 3.8) is 0 Å². The molecule has 5 heteroatoms. The molecule has 2 unspecified atom stereocenters. The molecule has 1 spiro atoms. The summed E-state index contributed by atoms with van der Waals surface area (Å²) in [6.07, 6.45) is 7.97. The van der Waals surface area contributed by atoms with E-state index in [9.17, 15) is 0 Å². The highest BCUT2D eigenvalue weighted by atomic mass is 16.7. The molecular formula is C14H23N3O2. The molecule has 1 aliphatic carbocycles. The molecule has 1 aromatic rings. The summed E-state index contributed by atoms with van der Waals surface area (Å²) in [7, 11) is 0. The summed E-state index contributed by atoms with van der Waals surface area (Å²) in [6, 6.07) is 2.75. The van der Waals surface area contributed by atoms with Gasteiger partial charge in [0.05, 0.1) is 19.3 Å². The van der Waals surface area contributed by atoms with Gasteiger partial charge in [0.1, 0.15) is 0 Å². The van der Waals surface area contributed by atoms with Gasteiger partial charge in [0.2, 0.25) is 0 Å². The van der Waals surface area contributed by atoms with Gasteiger partial charge in [0, 0.05) is 31.3 Å². The Morgan fingerprint density at radius 2 is 2.26 bits per heavy atom. The number of nitrogens with one attached hydrogen (secondary N) is 1. The quantitative estimate of drug-likeness (QED) is 0.900. The first-order chi connectivity index (χ1) is 9.33. The van der Waals surface area contributed by atoms with E-state index in [-0.39, 0.29) is 5.79 Å². The van der Waals surface area contributed by atoms with Gasteiger partial charge in [0.15, 0.2) is 5.79 Å².